The van der Waals surface area contributed by atoms with E-state index in [1.807, 2.05) is 0 Å². The SMILES string of the molecule is COc1ccc(NC(C)=O)cc1NC(=O)CCN1C(=O)NC2(CCCCC2)C1=O. The van der Waals surface area contributed by atoms with Gasteiger partial charge in [-0.2, -0.15) is 0 Å². The van der Waals surface area contributed by atoms with Gasteiger partial charge in [-0.1, -0.05) is 19.3 Å². The third-order valence-corrected chi connectivity index (χ3v) is 5.31. The predicted octanol–water partition coefficient (Wildman–Crippen LogP) is 2.24. The van der Waals surface area contributed by atoms with Crippen LogP contribution in [0.15, 0.2) is 18.2 Å². The maximum Gasteiger partial charge on any atom is 0.325 e. The van der Waals surface area contributed by atoms with E-state index >= 15 is 0 Å². The molecule has 0 radical (unpaired) electrons. The Hall–Kier alpha value is -3.10. The molecule has 0 aromatic heterocycles. The van der Waals surface area contributed by atoms with Crippen LogP contribution in [0.5, 0.6) is 5.75 Å². The zero-order chi connectivity index (χ0) is 21.0. The van der Waals surface area contributed by atoms with Crippen LogP contribution in [0.1, 0.15) is 45.4 Å². The minimum Gasteiger partial charge on any atom is -0.495 e. The summed E-state index contributed by atoms with van der Waals surface area (Å²) in [6.45, 7) is 1.39. The van der Waals surface area contributed by atoms with Crippen molar-refractivity contribution in [3.8, 4) is 5.75 Å². The first-order valence-corrected chi connectivity index (χ1v) is 9.74. The molecule has 1 aliphatic carbocycles. The Morgan fingerprint density at radius 1 is 1.17 bits per heavy atom. The molecular formula is C20H26N4O5. The van der Waals surface area contributed by atoms with Gasteiger partial charge in [0.15, 0.2) is 0 Å². The van der Waals surface area contributed by atoms with Crippen LogP contribution in [-0.4, -0.2) is 47.8 Å². The van der Waals surface area contributed by atoms with E-state index in [1.54, 1.807) is 18.2 Å². The molecule has 1 saturated carbocycles. The van der Waals surface area contributed by atoms with E-state index in [9.17, 15) is 19.2 Å². The molecule has 2 fully saturated rings. The topological polar surface area (TPSA) is 117 Å². The van der Waals surface area contributed by atoms with Crippen molar-refractivity contribution in [1.29, 1.82) is 0 Å². The first-order valence-electron chi connectivity index (χ1n) is 9.74. The second kappa shape index (κ2) is 8.50. The minimum absolute atomic E-state index is 0.00590. The monoisotopic (exact) mass is 402 g/mol. The van der Waals surface area contributed by atoms with Crippen LogP contribution in [-0.2, 0) is 14.4 Å². The normalized spacial score (nSPS) is 17.8. The van der Waals surface area contributed by atoms with Crippen molar-refractivity contribution in [3.05, 3.63) is 18.2 Å². The largest absolute Gasteiger partial charge is 0.495 e. The van der Waals surface area contributed by atoms with Crippen LogP contribution in [0.4, 0.5) is 16.2 Å². The van der Waals surface area contributed by atoms with Gasteiger partial charge < -0.3 is 20.7 Å². The fraction of sp³-hybridized carbons (Fsp3) is 0.500. The van der Waals surface area contributed by atoms with Crippen LogP contribution in [0, 0.1) is 0 Å². The quantitative estimate of drug-likeness (QED) is 0.631. The van der Waals surface area contributed by atoms with Crippen LogP contribution in [0.2, 0.25) is 0 Å². The molecule has 1 aliphatic heterocycles. The standard InChI is InChI=1S/C20H26N4O5/c1-13(25)21-14-6-7-16(29-2)15(12-14)22-17(26)8-11-24-18(27)20(23-19(24)28)9-4-3-5-10-20/h6-7,12H,3-5,8-11H2,1-2H3,(H,21,25)(H,22,26)(H,23,28). The fourth-order valence-corrected chi connectivity index (χ4v) is 3.89. The van der Waals surface area contributed by atoms with E-state index in [4.69, 9.17) is 4.74 Å². The first kappa shape index (κ1) is 20.6. The molecule has 5 amide bonds. The van der Waals surface area contributed by atoms with Crippen LogP contribution in [0.25, 0.3) is 0 Å². The van der Waals surface area contributed by atoms with E-state index in [-0.39, 0.29) is 30.7 Å². The summed E-state index contributed by atoms with van der Waals surface area (Å²) in [6.07, 6.45) is 4.13. The molecule has 1 heterocycles. The number of hydrogen-bond donors (Lipinski definition) is 3. The fourth-order valence-electron chi connectivity index (χ4n) is 3.89. The highest BCUT2D eigenvalue weighted by Gasteiger charge is 2.51. The molecule has 3 rings (SSSR count). The van der Waals surface area contributed by atoms with E-state index in [2.05, 4.69) is 16.0 Å². The highest BCUT2D eigenvalue weighted by atomic mass is 16.5. The van der Waals surface area contributed by atoms with Crippen molar-refractivity contribution in [2.24, 2.45) is 0 Å². The smallest absolute Gasteiger partial charge is 0.325 e. The van der Waals surface area contributed by atoms with Gasteiger partial charge in [-0.15, -0.1) is 0 Å². The maximum atomic E-state index is 12.8. The number of hydrogen-bond acceptors (Lipinski definition) is 5. The van der Waals surface area contributed by atoms with Gasteiger partial charge in [0.05, 0.1) is 12.8 Å². The van der Waals surface area contributed by atoms with Crippen molar-refractivity contribution in [1.82, 2.24) is 10.2 Å². The number of amides is 5. The summed E-state index contributed by atoms with van der Waals surface area (Å²) in [6, 6.07) is 4.44. The molecule has 1 saturated heterocycles. The van der Waals surface area contributed by atoms with Gasteiger partial charge in [-0.05, 0) is 31.0 Å². The summed E-state index contributed by atoms with van der Waals surface area (Å²) >= 11 is 0. The van der Waals surface area contributed by atoms with Gasteiger partial charge in [0.2, 0.25) is 11.8 Å². The van der Waals surface area contributed by atoms with E-state index in [0.717, 1.165) is 24.2 Å². The summed E-state index contributed by atoms with van der Waals surface area (Å²) in [5.41, 5.74) is 0.119. The number of benzene rings is 1. The van der Waals surface area contributed by atoms with Crippen molar-refractivity contribution in [2.75, 3.05) is 24.3 Å². The molecule has 1 aromatic rings. The lowest BCUT2D eigenvalue weighted by Gasteiger charge is -2.30. The third-order valence-electron chi connectivity index (χ3n) is 5.31. The maximum absolute atomic E-state index is 12.8. The van der Waals surface area contributed by atoms with Gasteiger partial charge in [-0.25, -0.2) is 4.79 Å². The van der Waals surface area contributed by atoms with Gasteiger partial charge in [0.1, 0.15) is 11.3 Å². The Bertz CT molecular complexity index is 832. The Morgan fingerprint density at radius 3 is 2.55 bits per heavy atom. The van der Waals surface area contributed by atoms with Gasteiger partial charge >= 0.3 is 6.03 Å². The molecule has 0 atom stereocenters. The first-order chi connectivity index (χ1) is 13.8. The summed E-state index contributed by atoms with van der Waals surface area (Å²) < 4.78 is 5.24. The van der Waals surface area contributed by atoms with Crippen LogP contribution >= 0.6 is 0 Å². The van der Waals surface area contributed by atoms with Crippen molar-refractivity contribution >= 4 is 35.1 Å². The number of rotatable bonds is 6. The summed E-state index contributed by atoms with van der Waals surface area (Å²) in [7, 11) is 1.47. The Morgan fingerprint density at radius 2 is 1.90 bits per heavy atom. The second-order valence-corrected chi connectivity index (χ2v) is 7.42. The molecule has 0 bridgehead atoms. The average Bonchev–Trinajstić information content (AvgIpc) is 2.90. The van der Waals surface area contributed by atoms with Crippen molar-refractivity contribution in [3.63, 3.8) is 0 Å². The molecule has 9 nitrogen and oxygen atoms in total. The molecule has 3 N–H and O–H groups in total. The van der Waals surface area contributed by atoms with Gasteiger partial charge in [-0.3, -0.25) is 19.3 Å². The predicted molar refractivity (Wildman–Crippen MR) is 107 cm³/mol. The zero-order valence-corrected chi connectivity index (χ0v) is 16.7. The number of nitrogens with one attached hydrogen (secondary N) is 3. The highest BCUT2D eigenvalue weighted by molar-refractivity contribution is 6.07. The Kier molecular flexibility index (Phi) is 6.05. The molecule has 0 unspecified atom stereocenters. The third kappa shape index (κ3) is 4.49. The summed E-state index contributed by atoms with van der Waals surface area (Å²) in [5, 5.41) is 8.19. The minimum atomic E-state index is -0.790. The number of carbonyl (C=O) groups excluding carboxylic acids is 4. The molecular weight excluding hydrogens is 376 g/mol. The summed E-state index contributed by atoms with van der Waals surface area (Å²) in [5.74, 6) is -0.403. The number of anilines is 2. The number of urea groups is 1. The lowest BCUT2D eigenvalue weighted by atomic mass is 9.82. The Balaban J connectivity index is 1.62. The molecule has 9 heteroatoms. The van der Waals surface area contributed by atoms with E-state index in [0.29, 0.717) is 30.0 Å². The van der Waals surface area contributed by atoms with Crippen LogP contribution in [0.3, 0.4) is 0 Å². The number of nitrogens with zero attached hydrogens (tertiary/aromatic N) is 1. The number of imide groups is 1. The number of ether oxygens (including phenoxy) is 1. The molecule has 2 aliphatic rings. The number of carbonyl (C=O) groups is 4. The molecule has 1 aromatic carbocycles. The van der Waals surface area contributed by atoms with Gasteiger partial charge in [0.25, 0.3) is 5.91 Å². The van der Waals surface area contributed by atoms with Crippen molar-refractivity contribution < 1.29 is 23.9 Å². The zero-order valence-electron chi connectivity index (χ0n) is 16.7. The van der Waals surface area contributed by atoms with E-state index in [1.165, 1.54) is 14.0 Å². The van der Waals surface area contributed by atoms with E-state index < -0.39 is 11.6 Å². The molecule has 29 heavy (non-hydrogen) atoms. The second-order valence-electron chi connectivity index (χ2n) is 7.42. The summed E-state index contributed by atoms with van der Waals surface area (Å²) in [4.78, 5) is 49.8. The van der Waals surface area contributed by atoms with Crippen molar-refractivity contribution in [2.45, 2.75) is 51.0 Å². The molecule has 1 spiro atoms. The Labute approximate surface area is 169 Å². The lowest BCUT2D eigenvalue weighted by Crippen LogP contribution is -2.48. The van der Waals surface area contributed by atoms with Crippen LogP contribution < -0.4 is 20.7 Å². The average molecular weight is 402 g/mol. The number of methoxy groups -OCH3 is 1. The highest BCUT2D eigenvalue weighted by Crippen LogP contribution is 2.34. The molecule has 156 valence electrons. The van der Waals surface area contributed by atoms with Gasteiger partial charge in [0, 0.05) is 25.6 Å². The lowest BCUT2D eigenvalue weighted by molar-refractivity contribution is -0.132.